The Morgan fingerprint density at radius 2 is 0.762 bits per heavy atom. The number of hydrogen-bond donors (Lipinski definition) is 3. The van der Waals surface area contributed by atoms with E-state index in [0.29, 0.717) is 102 Å². The zero-order valence-corrected chi connectivity index (χ0v) is 36.9. The predicted molar refractivity (Wildman–Crippen MR) is 228 cm³/mol. The van der Waals surface area contributed by atoms with Crippen molar-refractivity contribution in [2.75, 3.05) is 119 Å². The Bertz CT molecular complexity index is 1510. The number of nitrogens with one attached hydrogen (secondary N) is 3. The minimum absolute atomic E-state index is 0.0276. The Morgan fingerprint density at radius 3 is 1.14 bits per heavy atom. The summed E-state index contributed by atoms with van der Waals surface area (Å²) in [5, 5.41) is 8.17. The van der Waals surface area contributed by atoms with Crippen molar-refractivity contribution in [3.05, 3.63) is 35.4 Å². The lowest BCUT2D eigenvalue weighted by molar-refractivity contribution is -0.123. The van der Waals surface area contributed by atoms with E-state index in [1.807, 2.05) is 0 Å². The van der Waals surface area contributed by atoms with Gasteiger partial charge < -0.3 is 49.1 Å². The van der Waals surface area contributed by atoms with Crippen molar-refractivity contribution in [3.8, 4) is 0 Å². The van der Waals surface area contributed by atoms with Crippen molar-refractivity contribution in [1.29, 1.82) is 0 Å². The number of Topliss-reactive ketones (excluding diaryl/α,β-unsaturated/α-hetero) is 3. The summed E-state index contributed by atoms with van der Waals surface area (Å²) in [5.41, 5.74) is 0.763. The third-order valence-electron chi connectivity index (χ3n) is 9.33. The number of ether oxygens (including phenoxy) is 7. The maximum Gasteiger partial charge on any atom is 0.261 e. The number of imide groups is 1. The largest absolute Gasteiger partial charge is 0.385 e. The molecule has 1 aromatic carbocycles. The van der Waals surface area contributed by atoms with Gasteiger partial charge in [0, 0.05) is 104 Å². The molecule has 0 atom stereocenters. The minimum Gasteiger partial charge on any atom is -0.385 e. The Labute approximate surface area is 370 Å². The summed E-state index contributed by atoms with van der Waals surface area (Å²) >= 11 is 0. The first kappa shape index (κ1) is 54.6. The first-order chi connectivity index (χ1) is 30.6. The molecule has 354 valence electrons. The van der Waals surface area contributed by atoms with Crippen LogP contribution in [0.3, 0.4) is 0 Å². The lowest BCUT2D eigenvalue weighted by Crippen LogP contribution is -2.33. The number of fused-ring (bicyclic) bond motifs is 1. The molecule has 63 heavy (non-hydrogen) atoms. The zero-order valence-electron chi connectivity index (χ0n) is 36.9. The van der Waals surface area contributed by atoms with Gasteiger partial charge in [-0.2, -0.15) is 0 Å². The van der Waals surface area contributed by atoms with Gasteiger partial charge in [-0.05, 0) is 31.4 Å². The summed E-state index contributed by atoms with van der Waals surface area (Å²) in [6, 6.07) is 6.64. The molecule has 19 heteroatoms. The molecular weight excluding hydrogens is 824 g/mol. The van der Waals surface area contributed by atoms with Crippen LogP contribution >= 0.6 is 0 Å². The van der Waals surface area contributed by atoms with E-state index in [2.05, 4.69) is 16.0 Å². The third-order valence-corrected chi connectivity index (χ3v) is 9.33. The molecular formula is C44H68N4O15. The molecule has 5 amide bonds. The van der Waals surface area contributed by atoms with Gasteiger partial charge in [0.25, 0.3) is 11.8 Å². The van der Waals surface area contributed by atoms with Gasteiger partial charge in [0.05, 0.1) is 83.7 Å². The fraction of sp³-hybridized carbons (Fsp3) is 0.682. The second kappa shape index (κ2) is 35.9. The standard InChI is InChI=1S/C44H68N4O15/c1-57-22-4-7-35(49)12-25-60-31-18-45-40(52)15-28-58-23-5-8-36(50)13-26-61-32-19-46-41(53)16-29-59-24-6-9-37(51)14-27-62-33-20-47-42(54)17-30-63-34-21-48-43(55)38-10-2-3-11-39(38)44(48)56/h2-3,10-11H,4-9,12-34H2,1H3,(H,45,52)(H,46,53)(H,47,54). The SMILES string of the molecule is COCCCC(=O)CCOCCNC(=O)CCOCCCC(=O)CCOCCNC(=O)CCOCCCC(=O)CCOCCNC(=O)CCOCCN1C(=O)c2ccccc2C1=O. The Morgan fingerprint density at radius 1 is 0.429 bits per heavy atom. The number of carbonyl (C=O) groups excluding carboxylic acids is 8. The molecule has 0 fully saturated rings. The van der Waals surface area contributed by atoms with Gasteiger partial charge in [0.2, 0.25) is 17.7 Å². The first-order valence-corrected chi connectivity index (χ1v) is 21.9. The van der Waals surface area contributed by atoms with Crippen LogP contribution in [-0.2, 0) is 61.9 Å². The normalized spacial score (nSPS) is 12.0. The van der Waals surface area contributed by atoms with E-state index in [0.717, 1.165) is 4.90 Å². The molecule has 2 rings (SSSR count). The van der Waals surface area contributed by atoms with Gasteiger partial charge in [0.15, 0.2) is 0 Å². The highest BCUT2D eigenvalue weighted by Crippen LogP contribution is 2.21. The topological polar surface area (TPSA) is 240 Å². The number of ketones is 3. The van der Waals surface area contributed by atoms with Crippen molar-refractivity contribution >= 4 is 46.9 Å². The van der Waals surface area contributed by atoms with Crippen molar-refractivity contribution in [3.63, 3.8) is 0 Å². The monoisotopic (exact) mass is 892 g/mol. The number of carbonyl (C=O) groups is 8. The number of hydrogen-bond acceptors (Lipinski definition) is 15. The Balaban J connectivity index is 1.27. The molecule has 1 aliphatic heterocycles. The molecule has 0 spiro atoms. The molecule has 0 aromatic heterocycles. The van der Waals surface area contributed by atoms with Crippen LogP contribution < -0.4 is 16.0 Å². The summed E-state index contributed by atoms with van der Waals surface area (Å²) in [7, 11) is 1.60. The number of methoxy groups -OCH3 is 1. The summed E-state index contributed by atoms with van der Waals surface area (Å²) in [6.45, 7) is 4.73. The summed E-state index contributed by atoms with van der Waals surface area (Å²) in [4.78, 5) is 97.6. The molecule has 1 aliphatic rings. The van der Waals surface area contributed by atoms with Crippen molar-refractivity contribution < 1.29 is 71.5 Å². The van der Waals surface area contributed by atoms with Crippen molar-refractivity contribution in [1.82, 2.24) is 20.9 Å². The lowest BCUT2D eigenvalue weighted by Gasteiger charge is -2.13. The Kier molecular flexibility index (Phi) is 31.1. The van der Waals surface area contributed by atoms with Crippen LogP contribution in [0.2, 0.25) is 0 Å². The van der Waals surface area contributed by atoms with Crippen molar-refractivity contribution in [2.24, 2.45) is 0 Å². The maximum absolute atomic E-state index is 12.4. The van der Waals surface area contributed by atoms with Crippen molar-refractivity contribution in [2.45, 2.75) is 77.0 Å². The number of rotatable bonds is 42. The molecule has 0 saturated heterocycles. The molecule has 3 N–H and O–H groups in total. The Hall–Kier alpha value is -4.50. The summed E-state index contributed by atoms with van der Waals surface area (Å²) in [6.07, 6.45) is 4.26. The zero-order chi connectivity index (χ0) is 45.8. The smallest absolute Gasteiger partial charge is 0.261 e. The average Bonchev–Trinajstić information content (AvgIpc) is 3.51. The van der Waals surface area contributed by atoms with Crippen LogP contribution in [0.5, 0.6) is 0 Å². The van der Waals surface area contributed by atoms with Crippen LogP contribution in [0, 0.1) is 0 Å². The first-order valence-electron chi connectivity index (χ1n) is 21.9. The van der Waals surface area contributed by atoms with Crippen LogP contribution in [0.25, 0.3) is 0 Å². The fourth-order valence-electron chi connectivity index (χ4n) is 5.85. The van der Waals surface area contributed by atoms with Gasteiger partial charge in [-0.25, -0.2) is 0 Å². The van der Waals surface area contributed by atoms with Crippen LogP contribution in [0.4, 0.5) is 0 Å². The quantitative estimate of drug-likeness (QED) is 0.0626. The van der Waals surface area contributed by atoms with E-state index in [1.54, 1.807) is 31.4 Å². The van der Waals surface area contributed by atoms with Gasteiger partial charge in [-0.1, -0.05) is 12.1 Å². The van der Waals surface area contributed by atoms with E-state index >= 15 is 0 Å². The van der Waals surface area contributed by atoms with E-state index in [4.69, 9.17) is 33.2 Å². The highest BCUT2D eigenvalue weighted by atomic mass is 16.5. The second-order valence-corrected chi connectivity index (χ2v) is 14.5. The third kappa shape index (κ3) is 27.3. The van der Waals surface area contributed by atoms with Gasteiger partial charge in [-0.3, -0.25) is 43.3 Å². The summed E-state index contributed by atoms with van der Waals surface area (Å²) in [5.74, 6) is -1.07. The molecule has 1 heterocycles. The lowest BCUT2D eigenvalue weighted by atomic mass is 10.1. The van der Waals surface area contributed by atoms with E-state index < -0.39 is 0 Å². The summed E-state index contributed by atoms with van der Waals surface area (Å²) < 4.78 is 37.5. The van der Waals surface area contributed by atoms with Gasteiger partial charge in [-0.15, -0.1) is 0 Å². The molecule has 0 aliphatic carbocycles. The highest BCUT2D eigenvalue weighted by Gasteiger charge is 2.34. The van der Waals surface area contributed by atoms with Gasteiger partial charge in [0.1, 0.15) is 17.3 Å². The highest BCUT2D eigenvalue weighted by molar-refractivity contribution is 6.21. The molecule has 1 aromatic rings. The molecule has 0 bridgehead atoms. The molecule has 0 radical (unpaired) electrons. The van der Waals surface area contributed by atoms with Crippen LogP contribution in [0.15, 0.2) is 24.3 Å². The molecule has 19 nitrogen and oxygen atoms in total. The van der Waals surface area contributed by atoms with Gasteiger partial charge >= 0.3 is 0 Å². The van der Waals surface area contributed by atoms with E-state index in [9.17, 15) is 38.4 Å². The second-order valence-electron chi connectivity index (χ2n) is 14.5. The van der Waals surface area contributed by atoms with Crippen LogP contribution in [0.1, 0.15) is 97.8 Å². The minimum atomic E-state index is -0.348. The number of amides is 5. The molecule has 0 saturated carbocycles. The average molecular weight is 893 g/mol. The fourth-order valence-corrected chi connectivity index (χ4v) is 5.85. The predicted octanol–water partition coefficient (Wildman–Crippen LogP) is 1.77. The van der Waals surface area contributed by atoms with E-state index in [-0.39, 0.29) is 145 Å². The van der Waals surface area contributed by atoms with E-state index in [1.165, 1.54) is 0 Å². The maximum atomic E-state index is 12.4. The number of benzene rings is 1. The number of nitrogens with zero attached hydrogens (tertiary/aromatic N) is 1. The molecule has 0 unspecified atom stereocenters. The van der Waals surface area contributed by atoms with Crippen LogP contribution in [-0.4, -0.2) is 171 Å².